The number of aryl methyl sites for hydroxylation is 1. The number of alkyl halides is 3. The van der Waals surface area contributed by atoms with Gasteiger partial charge in [0.15, 0.2) is 0 Å². The summed E-state index contributed by atoms with van der Waals surface area (Å²) in [5.41, 5.74) is -5.22. The second-order valence-corrected chi connectivity index (χ2v) is 8.79. The molecule has 1 aromatic rings. The molecule has 12 heteroatoms. The van der Waals surface area contributed by atoms with Crippen molar-refractivity contribution >= 4 is 20.0 Å². The number of hydrogen-bond donors (Lipinski definition) is 1. The van der Waals surface area contributed by atoms with Gasteiger partial charge in [0.25, 0.3) is 0 Å². The first-order valence-corrected chi connectivity index (χ1v) is 9.78. The molecule has 1 unspecified atom stereocenters. The van der Waals surface area contributed by atoms with Crippen LogP contribution < -0.4 is 8.86 Å². The SMILES string of the molecule is O=S(=O)(CCc1cccc(OCC2CO2)c1)NS(=O)(=O)C(F)(F)F. The number of benzene rings is 1. The molecule has 0 aromatic heterocycles. The van der Waals surface area contributed by atoms with E-state index in [1.165, 1.54) is 6.07 Å². The van der Waals surface area contributed by atoms with E-state index in [-0.39, 0.29) is 12.5 Å². The van der Waals surface area contributed by atoms with Crippen LogP contribution in [-0.4, -0.2) is 47.4 Å². The molecule has 1 aliphatic rings. The van der Waals surface area contributed by atoms with Crippen LogP contribution in [-0.2, 0) is 31.2 Å². The lowest BCUT2D eigenvalue weighted by atomic mass is 10.2. The highest BCUT2D eigenvalue weighted by molar-refractivity contribution is 8.05. The lowest BCUT2D eigenvalue weighted by Gasteiger charge is -2.10. The molecule has 136 valence electrons. The Bertz CT molecular complexity index is 787. The fraction of sp³-hybridized carbons (Fsp3) is 0.500. The molecule has 0 radical (unpaired) electrons. The molecular formula is C12H14F3NO6S2. The van der Waals surface area contributed by atoms with Crippen LogP contribution in [0.5, 0.6) is 5.75 Å². The van der Waals surface area contributed by atoms with Gasteiger partial charge in [0.05, 0.1) is 12.4 Å². The van der Waals surface area contributed by atoms with Crippen molar-refractivity contribution in [3.05, 3.63) is 29.8 Å². The van der Waals surface area contributed by atoms with E-state index in [9.17, 15) is 30.0 Å². The predicted molar refractivity (Wildman–Crippen MR) is 77.3 cm³/mol. The van der Waals surface area contributed by atoms with Crippen LogP contribution in [0.1, 0.15) is 5.56 Å². The van der Waals surface area contributed by atoms with Crippen LogP contribution in [0, 0.1) is 0 Å². The Morgan fingerprint density at radius 1 is 1.25 bits per heavy atom. The Labute approximate surface area is 136 Å². The van der Waals surface area contributed by atoms with Gasteiger partial charge in [0.2, 0.25) is 10.0 Å². The van der Waals surface area contributed by atoms with Crippen molar-refractivity contribution in [3.8, 4) is 5.75 Å². The predicted octanol–water partition coefficient (Wildman–Crippen LogP) is 0.776. The van der Waals surface area contributed by atoms with Crippen LogP contribution in [0.25, 0.3) is 0 Å². The van der Waals surface area contributed by atoms with E-state index in [1.807, 2.05) is 0 Å². The van der Waals surface area contributed by atoms with Gasteiger partial charge in [0, 0.05) is 0 Å². The fourth-order valence-electron chi connectivity index (χ4n) is 1.65. The van der Waals surface area contributed by atoms with Gasteiger partial charge in [-0.05, 0) is 24.1 Å². The normalized spacial score (nSPS) is 18.4. The molecular weight excluding hydrogens is 375 g/mol. The molecule has 1 aliphatic heterocycles. The lowest BCUT2D eigenvalue weighted by Crippen LogP contribution is -2.41. The van der Waals surface area contributed by atoms with E-state index < -0.39 is 31.3 Å². The molecule has 1 fully saturated rings. The largest absolute Gasteiger partial charge is 0.512 e. The number of ether oxygens (including phenoxy) is 2. The van der Waals surface area contributed by atoms with Crippen molar-refractivity contribution in [2.24, 2.45) is 0 Å². The Hall–Kier alpha value is -1.37. The molecule has 0 aliphatic carbocycles. The Morgan fingerprint density at radius 3 is 2.50 bits per heavy atom. The van der Waals surface area contributed by atoms with Gasteiger partial charge in [0.1, 0.15) is 18.5 Å². The minimum atomic E-state index is -5.96. The number of sulfonamides is 2. The maximum absolute atomic E-state index is 12.2. The molecule has 1 aromatic carbocycles. The minimum Gasteiger partial charge on any atom is -0.491 e. The van der Waals surface area contributed by atoms with Gasteiger partial charge in [-0.25, -0.2) is 16.8 Å². The van der Waals surface area contributed by atoms with Gasteiger partial charge in [-0.3, -0.25) is 0 Å². The molecule has 7 nitrogen and oxygen atoms in total. The van der Waals surface area contributed by atoms with E-state index in [2.05, 4.69) is 0 Å². The summed E-state index contributed by atoms with van der Waals surface area (Å²) in [6.45, 7) is 0.949. The molecule has 0 amide bonds. The van der Waals surface area contributed by atoms with E-state index in [1.54, 1.807) is 18.2 Å². The first kappa shape index (κ1) is 19.0. The quantitative estimate of drug-likeness (QED) is 0.659. The molecule has 1 saturated heterocycles. The average Bonchev–Trinajstić information content (AvgIpc) is 3.25. The summed E-state index contributed by atoms with van der Waals surface area (Å²) in [4.78, 5) is 0. The number of rotatable bonds is 8. The fourth-order valence-corrected chi connectivity index (χ4v) is 4.21. The standard InChI is InChI=1S/C12H14F3NO6S2/c13-12(14,15)24(19,20)16-23(17,18)5-4-9-2-1-3-10(6-9)21-7-11-8-22-11/h1-3,6,11,16H,4-5,7-8H2. The molecule has 0 bridgehead atoms. The molecule has 1 atom stereocenters. The summed E-state index contributed by atoms with van der Waals surface area (Å²) in [6, 6.07) is 6.29. The minimum absolute atomic E-state index is 0.0332. The molecule has 2 rings (SSSR count). The zero-order valence-corrected chi connectivity index (χ0v) is 13.7. The summed E-state index contributed by atoms with van der Waals surface area (Å²) in [5, 5.41) is 0. The summed E-state index contributed by atoms with van der Waals surface area (Å²) in [5.74, 6) is -0.367. The lowest BCUT2D eigenvalue weighted by molar-refractivity contribution is -0.0441. The monoisotopic (exact) mass is 389 g/mol. The van der Waals surface area contributed by atoms with Crippen molar-refractivity contribution in [1.29, 1.82) is 0 Å². The summed E-state index contributed by atoms with van der Waals surface area (Å²) in [6.07, 6.45) is -0.148. The van der Waals surface area contributed by atoms with E-state index in [0.717, 1.165) is 0 Å². The zero-order valence-electron chi connectivity index (χ0n) is 12.1. The molecule has 24 heavy (non-hydrogen) atoms. The summed E-state index contributed by atoms with van der Waals surface area (Å²) < 4.78 is 92.4. The number of epoxide rings is 1. The second-order valence-electron chi connectivity index (χ2n) is 5.02. The van der Waals surface area contributed by atoms with Crippen LogP contribution in [0.15, 0.2) is 24.3 Å². The Balaban J connectivity index is 1.95. The first-order valence-electron chi connectivity index (χ1n) is 6.64. The maximum Gasteiger partial charge on any atom is 0.512 e. The van der Waals surface area contributed by atoms with Crippen molar-refractivity contribution in [3.63, 3.8) is 0 Å². The van der Waals surface area contributed by atoms with Crippen LogP contribution >= 0.6 is 0 Å². The van der Waals surface area contributed by atoms with Crippen LogP contribution in [0.4, 0.5) is 13.2 Å². The van der Waals surface area contributed by atoms with E-state index in [0.29, 0.717) is 28.7 Å². The topological polar surface area (TPSA) is 102 Å². The van der Waals surface area contributed by atoms with Gasteiger partial charge in [-0.15, -0.1) is 4.13 Å². The Kier molecular flexibility index (Phi) is 5.42. The summed E-state index contributed by atoms with van der Waals surface area (Å²) in [7, 11) is -10.6. The van der Waals surface area contributed by atoms with Crippen molar-refractivity contribution in [1.82, 2.24) is 4.13 Å². The van der Waals surface area contributed by atoms with E-state index in [4.69, 9.17) is 9.47 Å². The highest BCUT2D eigenvalue weighted by atomic mass is 32.3. The third kappa shape index (κ3) is 5.61. The second kappa shape index (κ2) is 6.86. The highest BCUT2D eigenvalue weighted by Crippen LogP contribution is 2.22. The number of halogens is 3. The molecule has 0 spiro atoms. The van der Waals surface area contributed by atoms with E-state index >= 15 is 0 Å². The van der Waals surface area contributed by atoms with Gasteiger partial charge < -0.3 is 9.47 Å². The first-order chi connectivity index (χ1) is 11.0. The van der Waals surface area contributed by atoms with Gasteiger partial charge >= 0.3 is 15.5 Å². The van der Waals surface area contributed by atoms with Crippen molar-refractivity contribution < 1.29 is 39.5 Å². The third-order valence-corrected chi connectivity index (χ3v) is 6.18. The third-order valence-electron chi connectivity index (χ3n) is 2.94. The molecule has 0 saturated carbocycles. The molecule has 1 N–H and O–H groups in total. The van der Waals surface area contributed by atoms with Gasteiger partial charge in [-0.2, -0.15) is 13.2 Å². The number of hydrogen-bond acceptors (Lipinski definition) is 6. The van der Waals surface area contributed by atoms with Crippen LogP contribution in [0.3, 0.4) is 0 Å². The smallest absolute Gasteiger partial charge is 0.491 e. The molecule has 1 heterocycles. The number of nitrogens with one attached hydrogen (secondary N) is 1. The average molecular weight is 389 g/mol. The van der Waals surface area contributed by atoms with Crippen molar-refractivity contribution in [2.45, 2.75) is 18.0 Å². The Morgan fingerprint density at radius 2 is 1.92 bits per heavy atom. The van der Waals surface area contributed by atoms with Crippen molar-refractivity contribution in [2.75, 3.05) is 19.0 Å². The summed E-state index contributed by atoms with van der Waals surface area (Å²) >= 11 is 0. The zero-order chi connectivity index (χ0) is 18.0. The van der Waals surface area contributed by atoms with Crippen LogP contribution in [0.2, 0.25) is 0 Å². The maximum atomic E-state index is 12.2. The highest BCUT2D eigenvalue weighted by Gasteiger charge is 2.48. The van der Waals surface area contributed by atoms with Gasteiger partial charge in [-0.1, -0.05) is 12.1 Å².